The molecule has 0 saturated heterocycles. The number of nitrogens with zero attached hydrogens (tertiary/aromatic N) is 1. The highest BCUT2D eigenvalue weighted by Gasteiger charge is 2.40. The summed E-state index contributed by atoms with van der Waals surface area (Å²) in [5, 5.41) is 3.04. The molecular weight excluding hydrogens is 320 g/mol. The van der Waals surface area contributed by atoms with Crippen LogP contribution in [0.15, 0.2) is 29.3 Å². The second kappa shape index (κ2) is 5.47. The molecule has 16 heavy (non-hydrogen) atoms. The van der Waals surface area contributed by atoms with E-state index in [4.69, 9.17) is 5.73 Å². The fraction of sp³-hybridized carbons (Fsp3) is 0.364. The number of nitrogens with two attached hydrogens (primary N) is 1. The van der Waals surface area contributed by atoms with Gasteiger partial charge in [-0.05, 0) is 18.1 Å². The van der Waals surface area contributed by atoms with Crippen molar-refractivity contribution >= 4 is 29.9 Å². The van der Waals surface area contributed by atoms with Crippen LogP contribution < -0.4 is 11.1 Å². The van der Waals surface area contributed by atoms with Crippen molar-refractivity contribution in [3.8, 4) is 0 Å². The Morgan fingerprint density at radius 3 is 2.81 bits per heavy atom. The van der Waals surface area contributed by atoms with Crippen molar-refractivity contribution in [3.63, 3.8) is 0 Å². The Morgan fingerprint density at radius 2 is 2.19 bits per heavy atom. The molecule has 3 nitrogen and oxygen atoms in total. The van der Waals surface area contributed by atoms with E-state index in [1.807, 2.05) is 12.1 Å². The van der Waals surface area contributed by atoms with Gasteiger partial charge in [0, 0.05) is 19.0 Å². The van der Waals surface area contributed by atoms with Gasteiger partial charge in [-0.15, -0.1) is 24.0 Å². The third-order valence-electron chi connectivity index (χ3n) is 2.67. The van der Waals surface area contributed by atoms with Crippen LogP contribution in [0, 0.1) is 5.82 Å². The topological polar surface area (TPSA) is 50.4 Å². The molecule has 1 saturated carbocycles. The molecule has 5 heteroatoms. The molecular formula is C11H15FIN3. The maximum absolute atomic E-state index is 13.4. The molecule has 2 rings (SSSR count). The number of guanidine groups is 1. The zero-order valence-electron chi connectivity index (χ0n) is 8.98. The van der Waals surface area contributed by atoms with Gasteiger partial charge in [-0.1, -0.05) is 18.2 Å². The monoisotopic (exact) mass is 335 g/mol. The van der Waals surface area contributed by atoms with E-state index in [1.165, 1.54) is 6.07 Å². The third-order valence-corrected chi connectivity index (χ3v) is 2.67. The summed E-state index contributed by atoms with van der Waals surface area (Å²) in [6, 6.07) is 7.09. The maximum Gasteiger partial charge on any atom is 0.188 e. The van der Waals surface area contributed by atoms with Crippen molar-refractivity contribution in [3.05, 3.63) is 35.6 Å². The highest BCUT2D eigenvalue weighted by molar-refractivity contribution is 14.0. The number of benzene rings is 1. The fourth-order valence-corrected chi connectivity index (χ4v) is 1.73. The Kier molecular flexibility index (Phi) is 4.52. The van der Waals surface area contributed by atoms with E-state index in [0.29, 0.717) is 5.96 Å². The van der Waals surface area contributed by atoms with Crippen molar-refractivity contribution in [2.75, 3.05) is 7.05 Å². The minimum Gasteiger partial charge on any atom is -0.370 e. The Bertz CT molecular complexity index is 395. The fourth-order valence-electron chi connectivity index (χ4n) is 1.73. The summed E-state index contributed by atoms with van der Waals surface area (Å²) in [6.07, 6.45) is 0.914. The SMILES string of the molecule is CN=C(N)NC1CC1c1ccccc1F.I. The van der Waals surface area contributed by atoms with Crippen LogP contribution in [0.5, 0.6) is 0 Å². The predicted molar refractivity (Wildman–Crippen MR) is 73.6 cm³/mol. The van der Waals surface area contributed by atoms with Crippen molar-refractivity contribution in [1.29, 1.82) is 0 Å². The summed E-state index contributed by atoms with van der Waals surface area (Å²) in [5.41, 5.74) is 6.30. The van der Waals surface area contributed by atoms with Crippen LogP contribution in [-0.2, 0) is 0 Å². The number of rotatable bonds is 2. The van der Waals surface area contributed by atoms with Crippen molar-refractivity contribution in [1.82, 2.24) is 5.32 Å². The molecule has 0 aliphatic heterocycles. The summed E-state index contributed by atoms with van der Waals surface area (Å²) in [7, 11) is 1.63. The van der Waals surface area contributed by atoms with Gasteiger partial charge in [0.25, 0.3) is 0 Å². The highest BCUT2D eigenvalue weighted by atomic mass is 127. The largest absolute Gasteiger partial charge is 0.370 e. The second-order valence-corrected chi connectivity index (χ2v) is 3.72. The van der Waals surface area contributed by atoms with Crippen LogP contribution in [-0.4, -0.2) is 19.0 Å². The minimum absolute atomic E-state index is 0. The molecule has 3 N–H and O–H groups in total. The summed E-state index contributed by atoms with van der Waals surface area (Å²) in [4.78, 5) is 3.81. The van der Waals surface area contributed by atoms with Crippen LogP contribution in [0.1, 0.15) is 17.9 Å². The molecule has 1 aliphatic carbocycles. The summed E-state index contributed by atoms with van der Waals surface area (Å²) in [6.45, 7) is 0. The van der Waals surface area contributed by atoms with Gasteiger partial charge in [0.15, 0.2) is 5.96 Å². The number of halogens is 2. The smallest absolute Gasteiger partial charge is 0.188 e. The van der Waals surface area contributed by atoms with Gasteiger partial charge in [-0.25, -0.2) is 4.39 Å². The van der Waals surface area contributed by atoms with Crippen molar-refractivity contribution < 1.29 is 4.39 Å². The lowest BCUT2D eigenvalue weighted by molar-refractivity contribution is 0.608. The van der Waals surface area contributed by atoms with E-state index in [2.05, 4.69) is 10.3 Å². The standard InChI is InChI=1S/C11H14FN3.HI/c1-14-11(13)15-10-6-8(10)7-4-2-3-5-9(7)12;/h2-5,8,10H,6H2,1H3,(H3,13,14,15);1H. The highest BCUT2D eigenvalue weighted by Crippen LogP contribution is 2.41. The molecule has 0 heterocycles. The Labute approximate surface area is 111 Å². The van der Waals surface area contributed by atoms with Gasteiger partial charge in [-0.2, -0.15) is 0 Å². The lowest BCUT2D eigenvalue weighted by Crippen LogP contribution is -2.33. The third kappa shape index (κ3) is 2.84. The molecule has 0 radical (unpaired) electrons. The molecule has 1 aromatic carbocycles. The van der Waals surface area contributed by atoms with Gasteiger partial charge in [0.05, 0.1) is 0 Å². The average Bonchev–Trinajstić information content (AvgIpc) is 2.97. The first-order valence-corrected chi connectivity index (χ1v) is 4.95. The van der Waals surface area contributed by atoms with E-state index < -0.39 is 0 Å². The number of aliphatic imine (C=N–C) groups is 1. The molecule has 0 spiro atoms. The molecule has 88 valence electrons. The lowest BCUT2D eigenvalue weighted by Gasteiger charge is -2.04. The van der Waals surface area contributed by atoms with E-state index >= 15 is 0 Å². The molecule has 0 amide bonds. The number of hydrogen-bond acceptors (Lipinski definition) is 1. The zero-order valence-corrected chi connectivity index (χ0v) is 11.3. The van der Waals surface area contributed by atoms with Crippen molar-refractivity contribution in [2.24, 2.45) is 10.7 Å². The Balaban J connectivity index is 0.00000128. The molecule has 1 aromatic rings. The molecule has 2 unspecified atom stereocenters. The lowest BCUT2D eigenvalue weighted by atomic mass is 10.1. The van der Waals surface area contributed by atoms with Gasteiger partial charge < -0.3 is 11.1 Å². The first-order chi connectivity index (χ1) is 7.22. The minimum atomic E-state index is -0.140. The second-order valence-electron chi connectivity index (χ2n) is 3.72. The normalized spacial score (nSPS) is 23.5. The molecule has 1 fully saturated rings. The van der Waals surface area contributed by atoms with Crippen LogP contribution in [0.25, 0.3) is 0 Å². The first-order valence-electron chi connectivity index (χ1n) is 4.95. The molecule has 2 atom stereocenters. The van der Waals surface area contributed by atoms with Crippen LogP contribution >= 0.6 is 24.0 Å². The van der Waals surface area contributed by atoms with E-state index in [9.17, 15) is 4.39 Å². The van der Waals surface area contributed by atoms with Gasteiger partial charge in [-0.3, -0.25) is 4.99 Å². The van der Waals surface area contributed by atoms with Gasteiger partial charge in [0.1, 0.15) is 5.82 Å². The molecule has 0 bridgehead atoms. The van der Waals surface area contributed by atoms with E-state index in [-0.39, 0.29) is 41.8 Å². The van der Waals surface area contributed by atoms with Crippen molar-refractivity contribution in [2.45, 2.75) is 18.4 Å². The van der Waals surface area contributed by atoms with Crippen LogP contribution in [0.4, 0.5) is 4.39 Å². The molecule has 1 aliphatic rings. The zero-order chi connectivity index (χ0) is 10.8. The molecule has 0 aromatic heterocycles. The maximum atomic E-state index is 13.4. The van der Waals surface area contributed by atoms with Crippen LogP contribution in [0.3, 0.4) is 0 Å². The van der Waals surface area contributed by atoms with Crippen LogP contribution in [0.2, 0.25) is 0 Å². The number of nitrogens with one attached hydrogen (secondary N) is 1. The van der Waals surface area contributed by atoms with Gasteiger partial charge >= 0.3 is 0 Å². The van der Waals surface area contributed by atoms with Gasteiger partial charge in [0.2, 0.25) is 0 Å². The summed E-state index contributed by atoms with van der Waals surface area (Å²) in [5.74, 6) is 0.504. The summed E-state index contributed by atoms with van der Waals surface area (Å²) >= 11 is 0. The van der Waals surface area contributed by atoms with E-state index in [0.717, 1.165) is 12.0 Å². The first kappa shape index (κ1) is 13.2. The number of hydrogen-bond donors (Lipinski definition) is 2. The predicted octanol–water partition coefficient (Wildman–Crippen LogP) is 1.83. The van der Waals surface area contributed by atoms with E-state index in [1.54, 1.807) is 13.1 Å². The quantitative estimate of drug-likeness (QED) is 0.492. The Hall–Kier alpha value is -0.850. The summed E-state index contributed by atoms with van der Waals surface area (Å²) < 4.78 is 13.4. The average molecular weight is 335 g/mol. The Morgan fingerprint density at radius 1 is 1.50 bits per heavy atom.